The van der Waals surface area contributed by atoms with Gasteiger partial charge in [0.1, 0.15) is 0 Å². The molecular formula is C21H34N2. The van der Waals surface area contributed by atoms with Gasteiger partial charge < -0.3 is 5.32 Å². The maximum Gasteiger partial charge on any atom is 0.0621 e. The number of nitrogens with zero attached hydrogens (tertiary/aromatic N) is 1. The minimum Gasteiger partial charge on any atom is -0.392 e. The highest BCUT2D eigenvalue weighted by Crippen LogP contribution is 2.28. The van der Waals surface area contributed by atoms with Gasteiger partial charge in [0.05, 0.1) is 6.04 Å². The van der Waals surface area contributed by atoms with Crippen molar-refractivity contribution >= 4 is 5.71 Å². The summed E-state index contributed by atoms with van der Waals surface area (Å²) in [5.41, 5.74) is 4.36. The first-order valence-electron chi connectivity index (χ1n) is 8.34. The SMILES string of the molecule is C=C(/C=C\C)CCC(C(=C)/C=C\C)C(CC(=C)NC)N=C(C)C. The van der Waals surface area contributed by atoms with E-state index in [1.165, 1.54) is 0 Å². The summed E-state index contributed by atoms with van der Waals surface area (Å²) in [7, 11) is 1.91. The summed E-state index contributed by atoms with van der Waals surface area (Å²) < 4.78 is 0. The highest BCUT2D eigenvalue weighted by atomic mass is 14.9. The Morgan fingerprint density at radius 1 is 1.09 bits per heavy atom. The number of hydrogen-bond acceptors (Lipinski definition) is 2. The molecule has 0 saturated heterocycles. The van der Waals surface area contributed by atoms with Crippen molar-refractivity contribution in [3.05, 3.63) is 60.9 Å². The van der Waals surface area contributed by atoms with Crippen molar-refractivity contribution < 1.29 is 0 Å². The summed E-state index contributed by atoms with van der Waals surface area (Å²) in [6, 6.07) is 0.155. The standard InChI is InChI=1S/C21H34N2/c1-9-11-17(5)13-14-20(18(6)12-10-2)21(23-16(3)4)15-19(7)22-8/h9-12,20-22H,5-7,13-15H2,1-4,8H3/b11-9-,12-10-. The van der Waals surface area contributed by atoms with Gasteiger partial charge in [-0.15, -0.1) is 0 Å². The zero-order chi connectivity index (χ0) is 17.8. The Hall–Kier alpha value is -1.83. The second kappa shape index (κ2) is 11.7. The van der Waals surface area contributed by atoms with E-state index in [2.05, 4.69) is 37.2 Å². The van der Waals surface area contributed by atoms with E-state index in [9.17, 15) is 0 Å². The largest absolute Gasteiger partial charge is 0.392 e. The summed E-state index contributed by atoms with van der Waals surface area (Å²) in [5, 5.41) is 3.14. The van der Waals surface area contributed by atoms with Crippen LogP contribution in [-0.4, -0.2) is 18.8 Å². The third-order valence-electron chi connectivity index (χ3n) is 3.73. The molecule has 0 aliphatic heterocycles. The molecule has 0 aromatic heterocycles. The van der Waals surface area contributed by atoms with E-state index in [1.807, 2.05) is 46.9 Å². The molecular weight excluding hydrogens is 280 g/mol. The average molecular weight is 315 g/mol. The smallest absolute Gasteiger partial charge is 0.0621 e. The Labute approximate surface area is 143 Å². The van der Waals surface area contributed by atoms with Gasteiger partial charge in [-0.1, -0.05) is 55.2 Å². The Bertz CT molecular complexity index is 488. The summed E-state index contributed by atoms with van der Waals surface area (Å²) in [5.74, 6) is 0.285. The van der Waals surface area contributed by atoms with Crippen LogP contribution in [-0.2, 0) is 0 Å². The summed E-state index contributed by atoms with van der Waals surface area (Å²) in [4.78, 5) is 4.87. The summed E-state index contributed by atoms with van der Waals surface area (Å²) >= 11 is 0. The fourth-order valence-electron chi connectivity index (χ4n) is 2.59. The monoisotopic (exact) mass is 314 g/mol. The van der Waals surface area contributed by atoms with E-state index in [-0.39, 0.29) is 12.0 Å². The molecule has 0 saturated carbocycles. The zero-order valence-corrected chi connectivity index (χ0v) is 15.7. The molecule has 1 N–H and O–H groups in total. The lowest BCUT2D eigenvalue weighted by Crippen LogP contribution is -2.24. The van der Waals surface area contributed by atoms with Crippen LogP contribution in [0.1, 0.15) is 47.0 Å². The van der Waals surface area contributed by atoms with Gasteiger partial charge in [-0.05, 0) is 40.5 Å². The lowest BCUT2D eigenvalue weighted by Gasteiger charge is -2.26. The van der Waals surface area contributed by atoms with Crippen LogP contribution >= 0.6 is 0 Å². The van der Waals surface area contributed by atoms with Crippen molar-refractivity contribution in [2.24, 2.45) is 10.9 Å². The molecule has 0 fully saturated rings. The molecule has 2 nitrogen and oxygen atoms in total. The molecule has 0 heterocycles. The van der Waals surface area contributed by atoms with Crippen molar-refractivity contribution in [3.63, 3.8) is 0 Å². The van der Waals surface area contributed by atoms with Gasteiger partial charge in [0.25, 0.3) is 0 Å². The second-order valence-electron chi connectivity index (χ2n) is 6.08. The highest BCUT2D eigenvalue weighted by Gasteiger charge is 2.23. The lowest BCUT2D eigenvalue weighted by molar-refractivity contribution is 0.450. The average Bonchev–Trinajstić information content (AvgIpc) is 2.47. The van der Waals surface area contributed by atoms with Gasteiger partial charge in [0, 0.05) is 30.8 Å². The first-order chi connectivity index (χ1) is 10.8. The molecule has 2 heteroatoms. The molecule has 2 unspecified atom stereocenters. The van der Waals surface area contributed by atoms with Crippen LogP contribution < -0.4 is 5.32 Å². The van der Waals surface area contributed by atoms with Crippen LogP contribution in [0.5, 0.6) is 0 Å². The van der Waals surface area contributed by atoms with Gasteiger partial charge >= 0.3 is 0 Å². The van der Waals surface area contributed by atoms with Crippen molar-refractivity contribution in [1.29, 1.82) is 0 Å². The molecule has 0 rings (SSSR count). The molecule has 0 aromatic rings. The van der Waals surface area contributed by atoms with Crippen molar-refractivity contribution in [1.82, 2.24) is 5.32 Å². The van der Waals surface area contributed by atoms with Crippen LogP contribution in [0.2, 0.25) is 0 Å². The molecule has 0 bridgehead atoms. The Morgan fingerprint density at radius 2 is 1.70 bits per heavy atom. The normalized spacial score (nSPS) is 13.8. The van der Waals surface area contributed by atoms with Gasteiger partial charge in [0.15, 0.2) is 0 Å². The number of aliphatic imine (C=N–C) groups is 1. The predicted octanol–water partition coefficient (Wildman–Crippen LogP) is 5.62. The minimum absolute atomic E-state index is 0.155. The molecule has 0 amide bonds. The van der Waals surface area contributed by atoms with Gasteiger partial charge in [0.2, 0.25) is 0 Å². The van der Waals surface area contributed by atoms with Crippen LogP contribution in [0.4, 0.5) is 0 Å². The van der Waals surface area contributed by atoms with E-state index < -0.39 is 0 Å². The minimum atomic E-state index is 0.155. The van der Waals surface area contributed by atoms with Crippen LogP contribution in [0.3, 0.4) is 0 Å². The van der Waals surface area contributed by atoms with E-state index in [1.54, 1.807) is 0 Å². The van der Waals surface area contributed by atoms with E-state index >= 15 is 0 Å². The topological polar surface area (TPSA) is 24.4 Å². The number of nitrogens with one attached hydrogen (secondary N) is 1. The fraction of sp³-hybridized carbons (Fsp3) is 0.476. The van der Waals surface area contributed by atoms with E-state index in [0.29, 0.717) is 0 Å². The molecule has 0 aliphatic rings. The lowest BCUT2D eigenvalue weighted by atomic mass is 9.84. The van der Waals surface area contributed by atoms with Crippen molar-refractivity contribution in [3.8, 4) is 0 Å². The molecule has 0 aliphatic carbocycles. The van der Waals surface area contributed by atoms with Crippen molar-refractivity contribution in [2.75, 3.05) is 7.05 Å². The number of hydrogen-bond donors (Lipinski definition) is 1. The maximum absolute atomic E-state index is 4.87. The molecule has 2 atom stereocenters. The van der Waals surface area contributed by atoms with Crippen LogP contribution in [0.15, 0.2) is 65.9 Å². The molecule has 0 radical (unpaired) electrons. The van der Waals surface area contributed by atoms with Gasteiger partial charge in [-0.3, -0.25) is 4.99 Å². The molecule has 128 valence electrons. The maximum atomic E-state index is 4.87. The quantitative estimate of drug-likeness (QED) is 0.388. The first-order valence-corrected chi connectivity index (χ1v) is 8.34. The summed E-state index contributed by atoms with van der Waals surface area (Å²) in [6.07, 6.45) is 11.0. The van der Waals surface area contributed by atoms with Crippen molar-refractivity contribution in [2.45, 2.75) is 53.0 Å². The predicted molar refractivity (Wildman–Crippen MR) is 106 cm³/mol. The Balaban J connectivity index is 5.37. The van der Waals surface area contributed by atoms with E-state index in [0.717, 1.165) is 41.8 Å². The van der Waals surface area contributed by atoms with Gasteiger partial charge in [-0.2, -0.15) is 0 Å². The number of allylic oxidation sites excluding steroid dienone is 5. The molecule has 23 heavy (non-hydrogen) atoms. The first kappa shape index (κ1) is 21.2. The van der Waals surface area contributed by atoms with Crippen LogP contribution in [0, 0.1) is 5.92 Å². The Kier molecular flexibility index (Phi) is 10.8. The number of rotatable bonds is 11. The van der Waals surface area contributed by atoms with Gasteiger partial charge in [-0.25, -0.2) is 0 Å². The third-order valence-corrected chi connectivity index (χ3v) is 3.73. The molecule has 0 aromatic carbocycles. The third kappa shape index (κ3) is 9.02. The van der Waals surface area contributed by atoms with E-state index in [4.69, 9.17) is 4.99 Å². The Morgan fingerprint density at radius 3 is 2.17 bits per heavy atom. The molecule has 0 spiro atoms. The van der Waals surface area contributed by atoms with Crippen LogP contribution in [0.25, 0.3) is 0 Å². The fourth-order valence-corrected chi connectivity index (χ4v) is 2.59. The zero-order valence-electron chi connectivity index (χ0n) is 15.7. The second-order valence-corrected chi connectivity index (χ2v) is 6.08. The summed E-state index contributed by atoms with van der Waals surface area (Å²) in [6.45, 7) is 20.6. The highest BCUT2D eigenvalue weighted by molar-refractivity contribution is 5.79.